The number of rotatable bonds is 3. The van der Waals surface area contributed by atoms with Crippen molar-refractivity contribution in [2.45, 2.75) is 6.42 Å². The molecule has 4 aromatic rings. The Balaban J connectivity index is 1.87. The summed E-state index contributed by atoms with van der Waals surface area (Å²) in [6, 6.07) is 9.69. The summed E-state index contributed by atoms with van der Waals surface area (Å²) < 4.78 is 21.3. The van der Waals surface area contributed by atoms with Crippen LogP contribution < -0.4 is 0 Å². The molecule has 0 aliphatic rings. The van der Waals surface area contributed by atoms with Crippen molar-refractivity contribution in [3.8, 4) is 11.5 Å². The molecule has 2 aromatic carbocycles. The first-order chi connectivity index (χ1) is 11.5. The van der Waals surface area contributed by atoms with E-state index in [1.807, 2.05) is 17.8 Å². The number of aliphatic carboxylic acids is 1. The van der Waals surface area contributed by atoms with Crippen LogP contribution in [-0.2, 0) is 18.3 Å². The van der Waals surface area contributed by atoms with Crippen molar-refractivity contribution >= 4 is 28.0 Å². The van der Waals surface area contributed by atoms with Crippen LogP contribution in [0.4, 0.5) is 4.39 Å². The number of carboxylic acid groups (broad SMARTS) is 1. The Morgan fingerprint density at radius 1 is 1.29 bits per heavy atom. The minimum atomic E-state index is -0.904. The van der Waals surface area contributed by atoms with Crippen LogP contribution in [0.5, 0.6) is 0 Å². The number of carbonyl (C=O) groups is 1. The van der Waals surface area contributed by atoms with E-state index in [4.69, 9.17) is 9.52 Å². The molecule has 0 unspecified atom stereocenters. The van der Waals surface area contributed by atoms with Gasteiger partial charge in [-0.3, -0.25) is 4.79 Å². The number of hydrogen-bond acceptors (Lipinski definition) is 3. The zero-order chi connectivity index (χ0) is 16.8. The maximum absolute atomic E-state index is 13.6. The lowest BCUT2D eigenvalue weighted by atomic mass is 10.1. The summed E-state index contributed by atoms with van der Waals surface area (Å²) in [5.74, 6) is -0.845. The summed E-state index contributed by atoms with van der Waals surface area (Å²) in [4.78, 5) is 15.3. The lowest BCUT2D eigenvalue weighted by Crippen LogP contribution is -1.99. The maximum Gasteiger partial charge on any atom is 0.307 e. The van der Waals surface area contributed by atoms with Crippen molar-refractivity contribution in [1.29, 1.82) is 0 Å². The van der Waals surface area contributed by atoms with Gasteiger partial charge < -0.3 is 14.1 Å². The molecule has 0 bridgehead atoms. The highest BCUT2D eigenvalue weighted by molar-refractivity contribution is 5.95. The van der Waals surface area contributed by atoms with Gasteiger partial charge in [-0.05, 0) is 35.9 Å². The van der Waals surface area contributed by atoms with Gasteiger partial charge in [0.1, 0.15) is 11.3 Å². The Kier molecular flexibility index (Phi) is 3.13. The number of aryl methyl sites for hydroxylation is 1. The molecule has 0 radical (unpaired) electrons. The first-order valence-electron chi connectivity index (χ1n) is 7.37. The molecule has 1 N–H and O–H groups in total. The summed E-state index contributed by atoms with van der Waals surface area (Å²) in [5, 5.41) is 9.60. The molecule has 4 rings (SSSR count). The van der Waals surface area contributed by atoms with Gasteiger partial charge in [-0.2, -0.15) is 0 Å². The van der Waals surface area contributed by atoms with Gasteiger partial charge in [-0.15, -0.1) is 0 Å². The minimum absolute atomic E-state index is 0.0779. The van der Waals surface area contributed by atoms with E-state index >= 15 is 0 Å². The van der Waals surface area contributed by atoms with E-state index in [9.17, 15) is 9.18 Å². The fourth-order valence-corrected chi connectivity index (χ4v) is 2.90. The van der Waals surface area contributed by atoms with Gasteiger partial charge >= 0.3 is 5.97 Å². The molecule has 0 amide bonds. The van der Waals surface area contributed by atoms with Crippen molar-refractivity contribution in [1.82, 2.24) is 9.55 Å². The number of benzene rings is 2. The van der Waals surface area contributed by atoms with Crippen LogP contribution >= 0.6 is 0 Å². The van der Waals surface area contributed by atoms with Crippen LogP contribution in [0.25, 0.3) is 33.5 Å². The smallest absolute Gasteiger partial charge is 0.307 e. The van der Waals surface area contributed by atoms with Crippen molar-refractivity contribution in [2.75, 3.05) is 0 Å². The number of fused-ring (bicyclic) bond motifs is 2. The number of hydrogen-bond donors (Lipinski definition) is 1. The van der Waals surface area contributed by atoms with Crippen LogP contribution in [0.2, 0.25) is 0 Å². The van der Waals surface area contributed by atoms with Gasteiger partial charge in [0.25, 0.3) is 0 Å². The molecule has 2 aromatic heterocycles. The quantitative estimate of drug-likeness (QED) is 0.623. The van der Waals surface area contributed by atoms with Crippen LogP contribution in [0.15, 0.2) is 47.0 Å². The highest BCUT2D eigenvalue weighted by Gasteiger charge is 2.15. The molecular weight excluding hydrogens is 311 g/mol. The Labute approximate surface area is 136 Å². The molecular formula is C18H13FN2O3. The molecule has 5 nitrogen and oxygen atoms in total. The topological polar surface area (TPSA) is 68.3 Å². The minimum Gasteiger partial charge on any atom is -0.481 e. The van der Waals surface area contributed by atoms with Gasteiger partial charge in [-0.25, -0.2) is 9.37 Å². The zero-order valence-corrected chi connectivity index (χ0v) is 12.8. The molecule has 0 saturated carbocycles. The molecule has 2 heterocycles. The Morgan fingerprint density at radius 2 is 2.12 bits per heavy atom. The van der Waals surface area contributed by atoms with Gasteiger partial charge in [0, 0.05) is 24.1 Å². The van der Waals surface area contributed by atoms with E-state index in [1.165, 1.54) is 12.1 Å². The third-order valence-electron chi connectivity index (χ3n) is 3.99. The normalized spacial score (nSPS) is 11.4. The largest absolute Gasteiger partial charge is 0.481 e. The molecule has 6 heteroatoms. The van der Waals surface area contributed by atoms with E-state index < -0.39 is 5.97 Å². The standard InChI is InChI=1S/C18H13FN2O3/c1-21-9-13(12-8-11(19)3-5-15(12)21)18-20-14-4-2-10(7-17(22)23)6-16(14)24-18/h2-6,8-9H,7H2,1H3,(H,22,23). The predicted molar refractivity (Wildman–Crippen MR) is 87.2 cm³/mol. The van der Waals surface area contributed by atoms with Crippen LogP contribution in [0.3, 0.4) is 0 Å². The Morgan fingerprint density at radius 3 is 2.92 bits per heavy atom. The van der Waals surface area contributed by atoms with E-state index in [-0.39, 0.29) is 12.2 Å². The summed E-state index contributed by atoms with van der Waals surface area (Å²) in [6.07, 6.45) is 1.76. The molecule has 0 fully saturated rings. The molecule has 0 aliphatic carbocycles. The second-order valence-electron chi connectivity index (χ2n) is 5.71. The van der Waals surface area contributed by atoms with E-state index in [2.05, 4.69) is 4.98 Å². The molecule has 120 valence electrons. The Bertz CT molecular complexity index is 1090. The number of halogens is 1. The van der Waals surface area contributed by atoms with Crippen molar-refractivity contribution in [3.63, 3.8) is 0 Å². The average Bonchev–Trinajstić information content (AvgIpc) is 3.07. The van der Waals surface area contributed by atoms with Crippen molar-refractivity contribution in [2.24, 2.45) is 7.05 Å². The fourth-order valence-electron chi connectivity index (χ4n) is 2.90. The maximum atomic E-state index is 13.6. The number of carboxylic acids is 1. The van der Waals surface area contributed by atoms with Gasteiger partial charge in [0.15, 0.2) is 5.58 Å². The summed E-state index contributed by atoms with van der Waals surface area (Å²) in [5.41, 5.74) is 3.36. The van der Waals surface area contributed by atoms with E-state index in [0.717, 1.165) is 10.9 Å². The second kappa shape index (κ2) is 5.19. The summed E-state index contributed by atoms with van der Waals surface area (Å²) in [7, 11) is 1.87. The molecule has 0 spiro atoms. The third kappa shape index (κ3) is 2.32. The average molecular weight is 324 g/mol. The van der Waals surface area contributed by atoms with E-state index in [0.29, 0.717) is 28.1 Å². The first kappa shape index (κ1) is 14.4. The van der Waals surface area contributed by atoms with Crippen LogP contribution in [-0.4, -0.2) is 20.6 Å². The molecule has 0 saturated heterocycles. The summed E-state index contributed by atoms with van der Waals surface area (Å²) >= 11 is 0. The lowest BCUT2D eigenvalue weighted by Gasteiger charge is -1.95. The monoisotopic (exact) mass is 324 g/mol. The third-order valence-corrected chi connectivity index (χ3v) is 3.99. The summed E-state index contributed by atoms with van der Waals surface area (Å²) in [6.45, 7) is 0. The van der Waals surface area contributed by atoms with Crippen LogP contribution in [0, 0.1) is 5.82 Å². The Hall–Kier alpha value is -3.15. The van der Waals surface area contributed by atoms with Gasteiger partial charge in [-0.1, -0.05) is 6.07 Å². The second-order valence-corrected chi connectivity index (χ2v) is 5.71. The number of aromatic nitrogens is 2. The highest BCUT2D eigenvalue weighted by atomic mass is 19.1. The molecule has 0 aliphatic heterocycles. The van der Waals surface area contributed by atoms with Crippen molar-refractivity contribution < 1.29 is 18.7 Å². The highest BCUT2D eigenvalue weighted by Crippen LogP contribution is 2.32. The van der Waals surface area contributed by atoms with Crippen LogP contribution in [0.1, 0.15) is 5.56 Å². The predicted octanol–water partition coefficient (Wildman–Crippen LogP) is 3.75. The van der Waals surface area contributed by atoms with Crippen molar-refractivity contribution in [3.05, 3.63) is 54.0 Å². The van der Waals surface area contributed by atoms with Gasteiger partial charge in [0.05, 0.1) is 12.0 Å². The molecule has 24 heavy (non-hydrogen) atoms. The number of nitrogens with zero attached hydrogens (tertiary/aromatic N) is 2. The number of oxazole rings is 1. The molecule has 0 atom stereocenters. The SMILES string of the molecule is Cn1cc(-c2nc3ccc(CC(=O)O)cc3o2)c2cc(F)ccc21. The first-order valence-corrected chi connectivity index (χ1v) is 7.37. The fraction of sp³-hybridized carbons (Fsp3) is 0.111. The lowest BCUT2D eigenvalue weighted by molar-refractivity contribution is -0.136. The van der Waals surface area contributed by atoms with Gasteiger partial charge in [0.2, 0.25) is 5.89 Å². The van der Waals surface area contributed by atoms with E-state index in [1.54, 1.807) is 24.3 Å². The zero-order valence-electron chi connectivity index (χ0n) is 12.8.